The van der Waals surface area contributed by atoms with Crippen molar-refractivity contribution in [3.8, 4) is 18.1 Å². The SMILES string of the molecule is C#CCOc1ccc(C(=O)OC)cc1C=O. The Kier molecular flexibility index (Phi) is 4.10. The molecule has 82 valence electrons. The fourth-order valence-corrected chi connectivity index (χ4v) is 1.14. The summed E-state index contributed by atoms with van der Waals surface area (Å²) in [5.74, 6) is 2.13. The number of carbonyl (C=O) groups excluding carboxylic acids is 2. The Morgan fingerprint density at radius 1 is 1.56 bits per heavy atom. The molecule has 0 aliphatic rings. The average molecular weight is 218 g/mol. The number of esters is 1. The number of hydrogen-bond acceptors (Lipinski definition) is 4. The molecule has 0 fully saturated rings. The standard InChI is InChI=1S/C12H10O4/c1-3-6-16-11-5-4-9(12(14)15-2)7-10(11)8-13/h1,4-5,7-8H,6H2,2H3. The predicted octanol–water partition coefficient (Wildman–Crippen LogP) is 1.30. The van der Waals surface area contributed by atoms with E-state index >= 15 is 0 Å². The molecule has 4 nitrogen and oxygen atoms in total. The lowest BCUT2D eigenvalue weighted by atomic mass is 10.1. The van der Waals surface area contributed by atoms with Crippen LogP contribution in [0.1, 0.15) is 20.7 Å². The lowest BCUT2D eigenvalue weighted by Crippen LogP contribution is -2.04. The van der Waals surface area contributed by atoms with E-state index in [1.165, 1.54) is 25.3 Å². The second kappa shape index (κ2) is 5.56. The van der Waals surface area contributed by atoms with Crippen LogP contribution in [0.25, 0.3) is 0 Å². The minimum absolute atomic E-state index is 0.0679. The molecule has 0 N–H and O–H groups in total. The summed E-state index contributed by atoms with van der Waals surface area (Å²) in [6.07, 6.45) is 5.63. The van der Waals surface area contributed by atoms with Gasteiger partial charge in [-0.2, -0.15) is 0 Å². The van der Waals surface area contributed by atoms with Gasteiger partial charge in [0.25, 0.3) is 0 Å². The van der Waals surface area contributed by atoms with Gasteiger partial charge in [0.2, 0.25) is 0 Å². The largest absolute Gasteiger partial charge is 0.480 e. The molecule has 0 heterocycles. The van der Waals surface area contributed by atoms with Crippen LogP contribution in [0, 0.1) is 12.3 Å². The molecule has 4 heteroatoms. The van der Waals surface area contributed by atoms with Crippen molar-refractivity contribution >= 4 is 12.3 Å². The summed E-state index contributed by atoms with van der Waals surface area (Å²) in [6.45, 7) is 0.0679. The zero-order chi connectivity index (χ0) is 12.0. The van der Waals surface area contributed by atoms with E-state index in [1.807, 2.05) is 0 Å². The zero-order valence-electron chi connectivity index (χ0n) is 8.73. The number of ether oxygens (including phenoxy) is 2. The van der Waals surface area contributed by atoms with Crippen molar-refractivity contribution in [2.24, 2.45) is 0 Å². The minimum atomic E-state index is -0.508. The van der Waals surface area contributed by atoms with E-state index in [1.54, 1.807) is 0 Å². The minimum Gasteiger partial charge on any atom is -0.480 e. The predicted molar refractivity (Wildman–Crippen MR) is 57.5 cm³/mol. The molecule has 0 aromatic heterocycles. The Morgan fingerprint density at radius 2 is 2.31 bits per heavy atom. The molecule has 1 aromatic carbocycles. The van der Waals surface area contributed by atoms with E-state index in [0.29, 0.717) is 12.0 Å². The lowest BCUT2D eigenvalue weighted by Gasteiger charge is -2.06. The number of aldehydes is 1. The van der Waals surface area contributed by atoms with Crippen LogP contribution in [0.4, 0.5) is 0 Å². The first-order chi connectivity index (χ1) is 7.72. The van der Waals surface area contributed by atoms with Crippen LogP contribution in [0.15, 0.2) is 18.2 Å². The van der Waals surface area contributed by atoms with Gasteiger partial charge in [0.1, 0.15) is 12.4 Å². The fraction of sp³-hybridized carbons (Fsp3) is 0.167. The number of carbonyl (C=O) groups is 2. The van der Waals surface area contributed by atoms with Crippen LogP contribution in [0.3, 0.4) is 0 Å². The first kappa shape index (κ1) is 11.8. The molecular weight excluding hydrogens is 208 g/mol. The summed E-state index contributed by atoms with van der Waals surface area (Å²) < 4.78 is 9.65. The monoisotopic (exact) mass is 218 g/mol. The van der Waals surface area contributed by atoms with Crippen LogP contribution >= 0.6 is 0 Å². The second-order valence-corrected chi connectivity index (χ2v) is 2.85. The average Bonchev–Trinajstić information content (AvgIpc) is 2.35. The molecule has 0 bridgehead atoms. The summed E-state index contributed by atoms with van der Waals surface area (Å²) in [5.41, 5.74) is 0.552. The molecule has 0 saturated heterocycles. The molecule has 16 heavy (non-hydrogen) atoms. The van der Waals surface area contributed by atoms with E-state index in [9.17, 15) is 9.59 Å². The van der Waals surface area contributed by atoms with Gasteiger partial charge in [-0.1, -0.05) is 5.92 Å². The van der Waals surface area contributed by atoms with Crippen molar-refractivity contribution < 1.29 is 19.1 Å². The topological polar surface area (TPSA) is 52.6 Å². The van der Waals surface area contributed by atoms with Gasteiger partial charge in [0.05, 0.1) is 18.2 Å². The van der Waals surface area contributed by atoms with Gasteiger partial charge in [0, 0.05) is 0 Å². The highest BCUT2D eigenvalue weighted by molar-refractivity contribution is 5.92. The Morgan fingerprint density at radius 3 is 2.88 bits per heavy atom. The summed E-state index contributed by atoms with van der Waals surface area (Å²) in [7, 11) is 1.27. The molecule has 1 aromatic rings. The zero-order valence-corrected chi connectivity index (χ0v) is 8.73. The Labute approximate surface area is 93.2 Å². The van der Waals surface area contributed by atoms with Gasteiger partial charge < -0.3 is 9.47 Å². The van der Waals surface area contributed by atoms with Crippen LogP contribution in [-0.4, -0.2) is 26.0 Å². The normalized spacial score (nSPS) is 9.00. The van der Waals surface area contributed by atoms with Crippen molar-refractivity contribution in [1.29, 1.82) is 0 Å². The van der Waals surface area contributed by atoms with Gasteiger partial charge in [-0.25, -0.2) is 4.79 Å². The summed E-state index contributed by atoms with van der Waals surface area (Å²) >= 11 is 0. The third-order valence-corrected chi connectivity index (χ3v) is 1.87. The van der Waals surface area contributed by atoms with Gasteiger partial charge in [0.15, 0.2) is 6.29 Å². The fourth-order valence-electron chi connectivity index (χ4n) is 1.14. The number of terminal acetylenes is 1. The van der Waals surface area contributed by atoms with Crippen LogP contribution in [0.5, 0.6) is 5.75 Å². The number of rotatable bonds is 4. The third-order valence-electron chi connectivity index (χ3n) is 1.87. The first-order valence-electron chi connectivity index (χ1n) is 4.46. The molecule has 0 radical (unpaired) electrons. The molecule has 0 amide bonds. The molecule has 1 rings (SSSR count). The maximum Gasteiger partial charge on any atom is 0.337 e. The van der Waals surface area contributed by atoms with E-state index in [2.05, 4.69) is 10.7 Å². The van der Waals surface area contributed by atoms with E-state index in [-0.39, 0.29) is 17.7 Å². The van der Waals surface area contributed by atoms with E-state index < -0.39 is 5.97 Å². The Balaban J connectivity index is 3.02. The molecule has 0 saturated carbocycles. The van der Waals surface area contributed by atoms with Crippen molar-refractivity contribution in [3.05, 3.63) is 29.3 Å². The molecule has 0 aliphatic carbocycles. The van der Waals surface area contributed by atoms with E-state index in [4.69, 9.17) is 11.2 Å². The van der Waals surface area contributed by atoms with Gasteiger partial charge in [-0.15, -0.1) is 6.42 Å². The van der Waals surface area contributed by atoms with Gasteiger partial charge in [-0.3, -0.25) is 4.79 Å². The molecule has 0 aliphatic heterocycles. The number of benzene rings is 1. The van der Waals surface area contributed by atoms with Crippen molar-refractivity contribution in [1.82, 2.24) is 0 Å². The van der Waals surface area contributed by atoms with Gasteiger partial charge in [-0.05, 0) is 18.2 Å². The lowest BCUT2D eigenvalue weighted by molar-refractivity contribution is 0.0600. The highest BCUT2D eigenvalue weighted by Crippen LogP contribution is 2.18. The number of methoxy groups -OCH3 is 1. The second-order valence-electron chi connectivity index (χ2n) is 2.85. The smallest absolute Gasteiger partial charge is 0.337 e. The third kappa shape index (κ3) is 2.61. The molecule has 0 unspecified atom stereocenters. The summed E-state index contributed by atoms with van der Waals surface area (Å²) in [4.78, 5) is 22.0. The Hall–Kier alpha value is -2.28. The summed E-state index contributed by atoms with van der Waals surface area (Å²) in [6, 6.07) is 4.41. The molecule has 0 atom stereocenters. The Bertz CT molecular complexity index is 443. The number of hydrogen-bond donors (Lipinski definition) is 0. The maximum atomic E-state index is 11.2. The summed E-state index contributed by atoms with van der Waals surface area (Å²) in [5, 5.41) is 0. The molecular formula is C12H10O4. The molecule has 0 spiro atoms. The first-order valence-corrected chi connectivity index (χ1v) is 4.46. The van der Waals surface area contributed by atoms with E-state index in [0.717, 1.165) is 0 Å². The van der Waals surface area contributed by atoms with Gasteiger partial charge >= 0.3 is 5.97 Å². The van der Waals surface area contributed by atoms with Crippen LogP contribution < -0.4 is 4.74 Å². The maximum absolute atomic E-state index is 11.2. The van der Waals surface area contributed by atoms with Crippen LogP contribution in [0.2, 0.25) is 0 Å². The van der Waals surface area contributed by atoms with Crippen molar-refractivity contribution in [2.45, 2.75) is 0 Å². The van der Waals surface area contributed by atoms with Crippen molar-refractivity contribution in [2.75, 3.05) is 13.7 Å². The quantitative estimate of drug-likeness (QED) is 0.434. The van der Waals surface area contributed by atoms with Crippen LogP contribution in [-0.2, 0) is 4.74 Å². The highest BCUT2D eigenvalue weighted by atomic mass is 16.5. The highest BCUT2D eigenvalue weighted by Gasteiger charge is 2.09. The van der Waals surface area contributed by atoms with Crippen molar-refractivity contribution in [3.63, 3.8) is 0 Å².